The first kappa shape index (κ1) is 13.9. The van der Waals surface area contributed by atoms with E-state index in [-0.39, 0.29) is 6.10 Å². The molecule has 5 heteroatoms. The van der Waals surface area contributed by atoms with E-state index in [1.54, 1.807) is 0 Å². The van der Waals surface area contributed by atoms with E-state index >= 15 is 0 Å². The fourth-order valence-electron chi connectivity index (χ4n) is 2.55. The van der Waals surface area contributed by atoms with Crippen LogP contribution in [0.5, 0.6) is 0 Å². The zero-order valence-corrected chi connectivity index (χ0v) is 12.2. The Labute approximate surface area is 120 Å². The average molecular weight is 276 g/mol. The number of rotatable bonds is 6. The van der Waals surface area contributed by atoms with Crippen LogP contribution in [0.1, 0.15) is 43.7 Å². The Morgan fingerprint density at radius 1 is 1.35 bits per heavy atom. The van der Waals surface area contributed by atoms with Gasteiger partial charge in [-0.2, -0.15) is 0 Å². The van der Waals surface area contributed by atoms with Crippen molar-refractivity contribution >= 4 is 0 Å². The zero-order valence-electron chi connectivity index (χ0n) is 12.2. The van der Waals surface area contributed by atoms with Gasteiger partial charge in [0.25, 0.3) is 0 Å². The number of hydrogen-bond donors (Lipinski definition) is 1. The molecule has 1 unspecified atom stereocenters. The molecule has 0 amide bonds. The summed E-state index contributed by atoms with van der Waals surface area (Å²) in [6.07, 6.45) is 7.68. The molecule has 1 N–H and O–H groups in total. The van der Waals surface area contributed by atoms with Gasteiger partial charge in [0.2, 0.25) is 0 Å². The van der Waals surface area contributed by atoms with Gasteiger partial charge >= 0.3 is 0 Å². The topological polar surface area (TPSA) is 50.3 Å². The Morgan fingerprint density at radius 2 is 2.15 bits per heavy atom. The van der Waals surface area contributed by atoms with Crippen LogP contribution in [0.2, 0.25) is 0 Å². The first-order chi connectivity index (χ1) is 9.85. The Bertz CT molecular complexity index is 416. The Hall–Kier alpha value is -1.04. The summed E-state index contributed by atoms with van der Waals surface area (Å²) in [5.41, 5.74) is 1.15. The van der Waals surface area contributed by atoms with Crippen LogP contribution in [0.3, 0.4) is 0 Å². The molecule has 5 nitrogen and oxygen atoms in total. The first-order valence-electron chi connectivity index (χ1n) is 7.73. The molecule has 2 heterocycles. The molecule has 1 aliphatic carbocycles. The van der Waals surface area contributed by atoms with E-state index < -0.39 is 0 Å². The maximum Gasteiger partial charge on any atom is 0.158 e. The maximum absolute atomic E-state index is 5.81. The van der Waals surface area contributed by atoms with Gasteiger partial charge in [-0.25, -0.2) is 9.97 Å². The highest BCUT2D eigenvalue weighted by molar-refractivity contribution is 5.07. The average Bonchev–Trinajstić information content (AvgIpc) is 3.31. The molecule has 0 aromatic carbocycles. The minimum Gasteiger partial charge on any atom is -0.368 e. The highest BCUT2D eigenvalue weighted by Crippen LogP contribution is 2.20. The van der Waals surface area contributed by atoms with E-state index in [9.17, 15) is 0 Å². The zero-order chi connectivity index (χ0) is 13.8. The van der Waals surface area contributed by atoms with E-state index in [1.165, 1.54) is 19.3 Å². The first-order valence-corrected chi connectivity index (χ1v) is 7.73. The third kappa shape index (κ3) is 3.75. The smallest absolute Gasteiger partial charge is 0.158 e. The lowest BCUT2D eigenvalue weighted by Crippen LogP contribution is -2.39. The second kappa shape index (κ2) is 6.61. The normalized spacial score (nSPS) is 23.9. The van der Waals surface area contributed by atoms with Gasteiger partial charge in [0, 0.05) is 43.6 Å². The van der Waals surface area contributed by atoms with Crippen molar-refractivity contribution in [3.05, 3.63) is 23.8 Å². The van der Waals surface area contributed by atoms with Crippen molar-refractivity contribution in [2.75, 3.05) is 26.2 Å². The maximum atomic E-state index is 5.81. The van der Waals surface area contributed by atoms with Crippen molar-refractivity contribution in [1.29, 1.82) is 0 Å². The number of nitrogens with zero attached hydrogens (tertiary/aromatic N) is 3. The van der Waals surface area contributed by atoms with Gasteiger partial charge in [-0.15, -0.1) is 0 Å². The largest absolute Gasteiger partial charge is 0.368 e. The molecule has 1 aliphatic heterocycles. The molecule has 1 saturated heterocycles. The van der Waals surface area contributed by atoms with Gasteiger partial charge in [-0.05, 0) is 25.8 Å². The van der Waals surface area contributed by atoms with Crippen molar-refractivity contribution in [3.8, 4) is 0 Å². The third-order valence-corrected chi connectivity index (χ3v) is 3.88. The van der Waals surface area contributed by atoms with Gasteiger partial charge in [0.05, 0.1) is 6.61 Å². The lowest BCUT2D eigenvalue weighted by atomic mass is 10.2. The molecule has 0 radical (unpaired) electrons. The predicted octanol–water partition coefficient (Wildman–Crippen LogP) is 1.51. The summed E-state index contributed by atoms with van der Waals surface area (Å²) in [5, 5.41) is 3.48. The number of nitrogens with one attached hydrogen (secondary N) is 1. The monoisotopic (exact) mass is 276 g/mol. The van der Waals surface area contributed by atoms with Gasteiger partial charge in [0.15, 0.2) is 5.82 Å². The Morgan fingerprint density at radius 3 is 2.85 bits per heavy atom. The molecule has 110 valence electrons. The Balaban J connectivity index is 1.55. The molecule has 3 rings (SSSR count). The van der Waals surface area contributed by atoms with Crippen LogP contribution < -0.4 is 5.32 Å². The van der Waals surface area contributed by atoms with Crippen LogP contribution in [-0.2, 0) is 11.3 Å². The molecule has 1 aromatic rings. The Kier molecular flexibility index (Phi) is 4.60. The van der Waals surface area contributed by atoms with E-state index in [1.807, 2.05) is 12.4 Å². The standard InChI is InChI=1S/C15H24N4O/c1-2-5-19-6-7-20-14(11-19)15-17-9-12(10-18-15)8-16-13-3-4-13/h9-10,13-14,16H,2-8,11H2,1H3. The SMILES string of the molecule is CCCN1CCOC(c2ncc(CNC3CC3)cn2)C1. The van der Waals surface area contributed by atoms with E-state index in [2.05, 4.69) is 27.1 Å². The van der Waals surface area contributed by atoms with Crippen molar-refractivity contribution in [2.24, 2.45) is 0 Å². The minimum atomic E-state index is 0.0285. The highest BCUT2D eigenvalue weighted by atomic mass is 16.5. The number of morpholine rings is 1. The van der Waals surface area contributed by atoms with E-state index in [4.69, 9.17) is 4.74 Å². The van der Waals surface area contributed by atoms with Crippen molar-refractivity contribution in [1.82, 2.24) is 20.2 Å². The fraction of sp³-hybridized carbons (Fsp3) is 0.733. The van der Waals surface area contributed by atoms with Crippen LogP contribution >= 0.6 is 0 Å². The fourth-order valence-corrected chi connectivity index (χ4v) is 2.55. The molecule has 2 aliphatic rings. The molecule has 20 heavy (non-hydrogen) atoms. The lowest BCUT2D eigenvalue weighted by Gasteiger charge is -2.31. The predicted molar refractivity (Wildman–Crippen MR) is 77.3 cm³/mol. The summed E-state index contributed by atoms with van der Waals surface area (Å²) in [6.45, 7) is 6.92. The van der Waals surface area contributed by atoms with Gasteiger partial charge in [0.1, 0.15) is 6.10 Å². The molecule has 1 atom stereocenters. The van der Waals surface area contributed by atoms with Crippen molar-refractivity contribution in [2.45, 2.75) is 44.9 Å². The molecule has 1 saturated carbocycles. The number of ether oxygens (including phenoxy) is 1. The second-order valence-corrected chi connectivity index (χ2v) is 5.76. The molecule has 0 spiro atoms. The number of hydrogen-bond acceptors (Lipinski definition) is 5. The molecule has 1 aromatic heterocycles. The number of aromatic nitrogens is 2. The molecule has 0 bridgehead atoms. The van der Waals surface area contributed by atoms with Crippen LogP contribution in [-0.4, -0.2) is 47.2 Å². The summed E-state index contributed by atoms with van der Waals surface area (Å²) in [5.74, 6) is 0.820. The van der Waals surface area contributed by atoms with Gasteiger partial charge in [-0.1, -0.05) is 6.92 Å². The molecular formula is C15H24N4O. The third-order valence-electron chi connectivity index (χ3n) is 3.88. The summed E-state index contributed by atoms with van der Waals surface area (Å²) in [7, 11) is 0. The highest BCUT2D eigenvalue weighted by Gasteiger charge is 2.24. The van der Waals surface area contributed by atoms with E-state index in [0.717, 1.165) is 50.2 Å². The molecular weight excluding hydrogens is 252 g/mol. The summed E-state index contributed by atoms with van der Waals surface area (Å²) in [6, 6.07) is 0.721. The molecule has 2 fully saturated rings. The summed E-state index contributed by atoms with van der Waals surface area (Å²) in [4.78, 5) is 11.4. The second-order valence-electron chi connectivity index (χ2n) is 5.76. The van der Waals surface area contributed by atoms with Crippen molar-refractivity contribution < 1.29 is 4.74 Å². The van der Waals surface area contributed by atoms with Crippen molar-refractivity contribution in [3.63, 3.8) is 0 Å². The lowest BCUT2D eigenvalue weighted by molar-refractivity contribution is -0.0342. The van der Waals surface area contributed by atoms with E-state index in [0.29, 0.717) is 0 Å². The quantitative estimate of drug-likeness (QED) is 0.853. The van der Waals surface area contributed by atoms with Crippen LogP contribution in [0.15, 0.2) is 12.4 Å². The van der Waals surface area contributed by atoms with Gasteiger partial charge < -0.3 is 10.1 Å². The van der Waals surface area contributed by atoms with Gasteiger partial charge in [-0.3, -0.25) is 4.90 Å². The summed E-state index contributed by atoms with van der Waals surface area (Å²) < 4.78 is 5.81. The van der Waals surface area contributed by atoms with Crippen LogP contribution in [0, 0.1) is 0 Å². The van der Waals surface area contributed by atoms with Crippen LogP contribution in [0.4, 0.5) is 0 Å². The van der Waals surface area contributed by atoms with Crippen LogP contribution in [0.25, 0.3) is 0 Å². The summed E-state index contributed by atoms with van der Waals surface area (Å²) >= 11 is 0. The minimum absolute atomic E-state index is 0.0285.